The zero-order valence-corrected chi connectivity index (χ0v) is 8.92. The topological polar surface area (TPSA) is 0 Å². The van der Waals surface area contributed by atoms with E-state index in [9.17, 15) is 0 Å². The van der Waals surface area contributed by atoms with E-state index < -0.39 is 9.24 Å². The van der Waals surface area contributed by atoms with Crippen molar-refractivity contribution in [3.8, 4) is 0 Å². The van der Waals surface area contributed by atoms with E-state index in [-0.39, 0.29) is 0 Å². The van der Waals surface area contributed by atoms with Gasteiger partial charge in [-0.05, 0) is 43.6 Å². The van der Waals surface area contributed by atoms with Gasteiger partial charge in [-0.25, -0.2) is 0 Å². The fraction of sp³-hybridized carbons (Fsp3) is 1.00. The largest absolute Gasteiger partial charge is 0.166 e. The highest BCUT2D eigenvalue weighted by Crippen LogP contribution is 2.63. The molecule has 0 aromatic heterocycles. The quantitative estimate of drug-likeness (QED) is 0.598. The SMILES string of the molecule is CS(C)(Cl)C1CC2CCC1C2. The molecule has 2 aliphatic rings. The van der Waals surface area contributed by atoms with Crippen molar-refractivity contribution in [3.05, 3.63) is 0 Å². The first-order valence-corrected chi connectivity index (χ1v) is 7.83. The van der Waals surface area contributed by atoms with Gasteiger partial charge in [-0.3, -0.25) is 0 Å². The van der Waals surface area contributed by atoms with Crippen LogP contribution in [-0.2, 0) is 0 Å². The van der Waals surface area contributed by atoms with Gasteiger partial charge >= 0.3 is 0 Å². The van der Waals surface area contributed by atoms with Gasteiger partial charge in [0.05, 0.1) is 0 Å². The Morgan fingerprint density at radius 1 is 1.18 bits per heavy atom. The molecule has 0 heterocycles. The smallest absolute Gasteiger partial charge is 0.00399 e. The number of halogens is 1. The van der Waals surface area contributed by atoms with Crippen LogP contribution in [0.5, 0.6) is 0 Å². The summed E-state index contributed by atoms with van der Waals surface area (Å²) in [7, 11) is 5.66. The number of hydrogen-bond acceptors (Lipinski definition) is 0. The second kappa shape index (κ2) is 2.56. The molecule has 11 heavy (non-hydrogen) atoms. The van der Waals surface area contributed by atoms with Crippen LogP contribution in [0.1, 0.15) is 25.7 Å². The third-order valence-electron chi connectivity index (χ3n) is 3.39. The van der Waals surface area contributed by atoms with Crippen molar-refractivity contribution < 1.29 is 0 Å². The number of hydrogen-bond donors (Lipinski definition) is 0. The summed E-state index contributed by atoms with van der Waals surface area (Å²) in [5, 5.41) is 0.892. The van der Waals surface area contributed by atoms with Crippen LogP contribution in [-0.4, -0.2) is 17.8 Å². The minimum atomic E-state index is -0.761. The molecule has 0 radical (unpaired) electrons. The molecule has 0 aromatic rings. The summed E-state index contributed by atoms with van der Waals surface area (Å²) >= 11 is 0. The van der Waals surface area contributed by atoms with Crippen molar-refractivity contribution in [2.45, 2.75) is 30.9 Å². The molecule has 3 unspecified atom stereocenters. The maximum Gasteiger partial charge on any atom is 0.00399 e. The molecule has 0 saturated heterocycles. The molecule has 0 amide bonds. The van der Waals surface area contributed by atoms with Crippen LogP contribution in [0.15, 0.2) is 0 Å². The summed E-state index contributed by atoms with van der Waals surface area (Å²) in [6, 6.07) is 0. The van der Waals surface area contributed by atoms with Gasteiger partial charge in [0.2, 0.25) is 0 Å². The summed E-state index contributed by atoms with van der Waals surface area (Å²) < 4.78 is 0. The standard InChI is InChI=1S/C9H17ClS/c1-11(2,10)9-6-7-3-4-8(9)5-7/h7-9H,3-6H2,1-2H3. The van der Waals surface area contributed by atoms with Crippen molar-refractivity contribution in [1.82, 2.24) is 0 Å². The number of fused-ring (bicyclic) bond motifs is 2. The zero-order chi connectivity index (χ0) is 8.06. The second-order valence-electron chi connectivity index (χ2n) is 4.49. The van der Waals surface area contributed by atoms with E-state index in [0.717, 1.165) is 17.1 Å². The van der Waals surface area contributed by atoms with Crippen LogP contribution < -0.4 is 0 Å². The third kappa shape index (κ3) is 1.42. The van der Waals surface area contributed by atoms with Crippen molar-refractivity contribution in [3.63, 3.8) is 0 Å². The maximum absolute atomic E-state index is 6.42. The minimum Gasteiger partial charge on any atom is -0.166 e. The van der Waals surface area contributed by atoms with Crippen LogP contribution in [0.4, 0.5) is 0 Å². The highest BCUT2D eigenvalue weighted by Gasteiger charge is 2.43. The second-order valence-corrected chi connectivity index (χ2v) is 10.0. The monoisotopic (exact) mass is 192 g/mol. The van der Waals surface area contributed by atoms with Crippen molar-refractivity contribution in [2.24, 2.45) is 11.8 Å². The summed E-state index contributed by atoms with van der Waals surface area (Å²) in [6.45, 7) is 0. The lowest BCUT2D eigenvalue weighted by Crippen LogP contribution is -2.19. The molecule has 0 N–H and O–H groups in total. The van der Waals surface area contributed by atoms with E-state index in [1.807, 2.05) is 0 Å². The Morgan fingerprint density at radius 2 is 1.91 bits per heavy atom. The Kier molecular flexibility index (Phi) is 1.92. The van der Waals surface area contributed by atoms with E-state index in [2.05, 4.69) is 12.5 Å². The fourth-order valence-corrected chi connectivity index (χ4v) is 5.42. The summed E-state index contributed by atoms with van der Waals surface area (Å²) in [4.78, 5) is 0. The summed E-state index contributed by atoms with van der Waals surface area (Å²) in [6.07, 6.45) is 10.4. The minimum absolute atomic E-state index is 0.761. The Labute approximate surface area is 75.5 Å². The van der Waals surface area contributed by atoms with Crippen molar-refractivity contribution in [1.29, 1.82) is 0 Å². The molecule has 0 aromatic carbocycles. The predicted molar refractivity (Wildman–Crippen MR) is 54.5 cm³/mol. The molecule has 2 saturated carbocycles. The van der Waals surface area contributed by atoms with Crippen LogP contribution in [0.25, 0.3) is 0 Å². The molecule has 2 heteroatoms. The van der Waals surface area contributed by atoms with Gasteiger partial charge in [0.1, 0.15) is 0 Å². The molecule has 2 rings (SSSR count). The first kappa shape index (κ1) is 8.25. The van der Waals surface area contributed by atoms with E-state index in [1.54, 1.807) is 0 Å². The summed E-state index contributed by atoms with van der Waals surface area (Å²) in [5.74, 6) is 2.05. The molecule has 0 spiro atoms. The highest BCUT2D eigenvalue weighted by molar-refractivity contribution is 8.50. The van der Waals surface area contributed by atoms with Crippen LogP contribution in [0.3, 0.4) is 0 Å². The van der Waals surface area contributed by atoms with Crippen molar-refractivity contribution >= 4 is 19.9 Å². The predicted octanol–water partition coefficient (Wildman–Crippen LogP) is 3.39. The van der Waals surface area contributed by atoms with Crippen LogP contribution in [0.2, 0.25) is 0 Å². The van der Waals surface area contributed by atoms with Gasteiger partial charge in [0.25, 0.3) is 0 Å². The first-order valence-electron chi connectivity index (χ1n) is 4.49. The fourth-order valence-electron chi connectivity index (χ4n) is 2.87. The van der Waals surface area contributed by atoms with Gasteiger partial charge in [-0.2, -0.15) is 9.24 Å². The van der Waals surface area contributed by atoms with E-state index in [4.69, 9.17) is 10.7 Å². The lowest BCUT2D eigenvalue weighted by molar-refractivity contribution is 0.490. The number of rotatable bonds is 1. The molecule has 0 aliphatic heterocycles. The zero-order valence-electron chi connectivity index (χ0n) is 7.35. The average molecular weight is 193 g/mol. The van der Waals surface area contributed by atoms with Gasteiger partial charge in [0.15, 0.2) is 0 Å². The molecule has 0 nitrogen and oxygen atoms in total. The maximum atomic E-state index is 6.42. The van der Waals surface area contributed by atoms with E-state index in [1.165, 1.54) is 25.7 Å². The molecule has 2 bridgehead atoms. The summed E-state index contributed by atoms with van der Waals surface area (Å²) in [5.41, 5.74) is 0. The lowest BCUT2D eigenvalue weighted by Gasteiger charge is -2.36. The van der Waals surface area contributed by atoms with Crippen LogP contribution in [0, 0.1) is 11.8 Å². The lowest BCUT2D eigenvalue weighted by atomic mass is 10.0. The highest BCUT2D eigenvalue weighted by atomic mass is 35.7. The van der Waals surface area contributed by atoms with Gasteiger partial charge in [-0.1, -0.05) is 17.1 Å². The molecular formula is C9H17ClS. The Balaban J connectivity index is 2.08. The van der Waals surface area contributed by atoms with E-state index in [0.29, 0.717) is 0 Å². The van der Waals surface area contributed by atoms with Gasteiger partial charge < -0.3 is 0 Å². The molecule has 66 valence electrons. The van der Waals surface area contributed by atoms with Gasteiger partial charge in [0, 0.05) is 5.25 Å². The molecular weight excluding hydrogens is 176 g/mol. The first-order chi connectivity index (χ1) is 5.07. The molecule has 2 aliphatic carbocycles. The van der Waals surface area contributed by atoms with Crippen LogP contribution >= 0.6 is 19.9 Å². The Bertz CT molecular complexity index is 161. The van der Waals surface area contributed by atoms with E-state index >= 15 is 0 Å². The Hall–Kier alpha value is 0.640. The third-order valence-corrected chi connectivity index (χ3v) is 6.10. The van der Waals surface area contributed by atoms with Gasteiger partial charge in [-0.15, -0.1) is 0 Å². The molecule has 3 atom stereocenters. The normalized spacial score (nSPS) is 44.8. The Morgan fingerprint density at radius 3 is 2.18 bits per heavy atom. The van der Waals surface area contributed by atoms with Crippen molar-refractivity contribution in [2.75, 3.05) is 12.5 Å². The molecule has 2 fully saturated rings. The average Bonchev–Trinajstić information content (AvgIpc) is 2.42.